The molecule has 1 unspecified atom stereocenters. The summed E-state index contributed by atoms with van der Waals surface area (Å²) in [7, 11) is 0. The third kappa shape index (κ3) is 1.22. The summed E-state index contributed by atoms with van der Waals surface area (Å²) >= 11 is 0. The molecule has 1 aliphatic rings. The lowest BCUT2D eigenvalue weighted by Crippen LogP contribution is -2.10. The van der Waals surface area contributed by atoms with Gasteiger partial charge in [-0.05, 0) is 25.0 Å². The van der Waals surface area contributed by atoms with Crippen molar-refractivity contribution >= 4 is 11.6 Å². The van der Waals surface area contributed by atoms with E-state index in [1.165, 1.54) is 5.56 Å². The van der Waals surface area contributed by atoms with E-state index in [1.54, 1.807) is 0 Å². The van der Waals surface area contributed by atoms with Crippen molar-refractivity contribution in [3.05, 3.63) is 29.3 Å². The molecule has 2 heteroatoms. The second-order valence-corrected chi connectivity index (χ2v) is 3.54. The van der Waals surface area contributed by atoms with E-state index >= 15 is 0 Å². The quantitative estimate of drug-likeness (QED) is 0.697. The smallest absolute Gasteiger partial charge is 0.231 e. The molecular formula is C11H13NO. The van der Waals surface area contributed by atoms with Gasteiger partial charge < -0.3 is 5.32 Å². The van der Waals surface area contributed by atoms with Gasteiger partial charge in [-0.1, -0.05) is 24.6 Å². The Hall–Kier alpha value is -1.31. The maximum absolute atomic E-state index is 11.5. The van der Waals surface area contributed by atoms with Crippen molar-refractivity contribution in [2.75, 3.05) is 5.32 Å². The molecule has 0 saturated heterocycles. The molecule has 1 aliphatic heterocycles. The number of hydrogen-bond donors (Lipinski definition) is 1. The highest BCUT2D eigenvalue weighted by atomic mass is 16.2. The van der Waals surface area contributed by atoms with Crippen molar-refractivity contribution in [2.45, 2.75) is 26.2 Å². The number of amides is 1. The van der Waals surface area contributed by atoms with Gasteiger partial charge in [-0.25, -0.2) is 0 Å². The first-order valence-electron chi connectivity index (χ1n) is 4.63. The molecule has 0 aromatic heterocycles. The number of carbonyl (C=O) groups is 1. The first-order valence-corrected chi connectivity index (χ1v) is 4.63. The lowest BCUT2D eigenvalue weighted by Gasteiger charge is -2.04. The van der Waals surface area contributed by atoms with Crippen LogP contribution in [0.25, 0.3) is 0 Å². The van der Waals surface area contributed by atoms with Gasteiger partial charge in [0.1, 0.15) is 0 Å². The Bertz CT molecular complexity index is 357. The average molecular weight is 175 g/mol. The summed E-state index contributed by atoms with van der Waals surface area (Å²) in [5, 5.41) is 2.89. The topological polar surface area (TPSA) is 29.1 Å². The zero-order valence-corrected chi connectivity index (χ0v) is 7.92. The molecule has 0 fully saturated rings. The van der Waals surface area contributed by atoms with Gasteiger partial charge in [0.15, 0.2) is 0 Å². The predicted molar refractivity (Wildman–Crippen MR) is 52.8 cm³/mol. The minimum atomic E-state index is 0.0647. The van der Waals surface area contributed by atoms with Crippen molar-refractivity contribution in [3.63, 3.8) is 0 Å². The van der Waals surface area contributed by atoms with Crippen LogP contribution in [0.5, 0.6) is 0 Å². The molecule has 1 aromatic carbocycles. The Labute approximate surface area is 78.0 Å². The zero-order chi connectivity index (χ0) is 9.42. The molecule has 0 radical (unpaired) electrons. The Balaban J connectivity index is 2.50. The fourth-order valence-electron chi connectivity index (χ4n) is 1.85. The Morgan fingerprint density at radius 2 is 2.23 bits per heavy atom. The van der Waals surface area contributed by atoms with E-state index in [-0.39, 0.29) is 11.8 Å². The largest absolute Gasteiger partial charge is 0.325 e. The summed E-state index contributed by atoms with van der Waals surface area (Å²) in [5.41, 5.74) is 3.36. The third-order valence-electron chi connectivity index (χ3n) is 2.57. The van der Waals surface area contributed by atoms with Crippen LogP contribution in [-0.4, -0.2) is 5.91 Å². The molecule has 1 atom stereocenters. The normalized spacial score (nSPS) is 19.8. The number of nitrogens with one attached hydrogen (secondary N) is 1. The van der Waals surface area contributed by atoms with Gasteiger partial charge in [0.2, 0.25) is 5.91 Å². The van der Waals surface area contributed by atoms with Crippen LogP contribution >= 0.6 is 0 Å². The van der Waals surface area contributed by atoms with Crippen molar-refractivity contribution in [2.24, 2.45) is 0 Å². The van der Waals surface area contributed by atoms with Gasteiger partial charge >= 0.3 is 0 Å². The van der Waals surface area contributed by atoms with Crippen LogP contribution in [0.4, 0.5) is 5.69 Å². The van der Waals surface area contributed by atoms with Crippen LogP contribution in [0, 0.1) is 6.92 Å². The first kappa shape index (κ1) is 8.30. The molecule has 13 heavy (non-hydrogen) atoms. The molecule has 2 nitrogen and oxygen atoms in total. The maximum atomic E-state index is 11.5. The van der Waals surface area contributed by atoms with Crippen LogP contribution in [0.2, 0.25) is 0 Å². The van der Waals surface area contributed by atoms with E-state index in [1.807, 2.05) is 19.1 Å². The summed E-state index contributed by atoms with van der Waals surface area (Å²) in [6, 6.07) is 6.11. The fourth-order valence-corrected chi connectivity index (χ4v) is 1.85. The first-order chi connectivity index (χ1) is 6.22. The van der Waals surface area contributed by atoms with Gasteiger partial charge in [-0.3, -0.25) is 4.79 Å². The van der Waals surface area contributed by atoms with Crippen LogP contribution < -0.4 is 5.32 Å². The van der Waals surface area contributed by atoms with E-state index in [0.29, 0.717) is 0 Å². The molecule has 1 heterocycles. The van der Waals surface area contributed by atoms with Crippen molar-refractivity contribution < 1.29 is 4.79 Å². The number of fused-ring (bicyclic) bond motifs is 1. The van der Waals surface area contributed by atoms with Gasteiger partial charge in [-0.15, -0.1) is 0 Å². The molecule has 2 rings (SSSR count). The number of hydrogen-bond acceptors (Lipinski definition) is 1. The second kappa shape index (κ2) is 2.87. The summed E-state index contributed by atoms with van der Waals surface area (Å²) in [5.74, 6) is 0.206. The number of carbonyl (C=O) groups excluding carboxylic acids is 1. The van der Waals surface area contributed by atoms with Gasteiger partial charge in [0.25, 0.3) is 0 Å². The van der Waals surface area contributed by atoms with Crippen LogP contribution in [0.1, 0.15) is 30.4 Å². The molecule has 0 bridgehead atoms. The SMILES string of the molecule is CCC1C(=O)Nc2ccc(C)cc21. The predicted octanol–water partition coefficient (Wildman–Crippen LogP) is 2.44. The van der Waals surface area contributed by atoms with Gasteiger partial charge in [0.05, 0.1) is 5.92 Å². The lowest BCUT2D eigenvalue weighted by atomic mass is 9.97. The van der Waals surface area contributed by atoms with Crippen LogP contribution in [-0.2, 0) is 4.79 Å². The molecule has 68 valence electrons. The van der Waals surface area contributed by atoms with Gasteiger partial charge in [0, 0.05) is 5.69 Å². The molecular weight excluding hydrogens is 162 g/mol. The van der Waals surface area contributed by atoms with Crippen molar-refractivity contribution in [1.82, 2.24) is 0 Å². The molecule has 1 aromatic rings. The zero-order valence-electron chi connectivity index (χ0n) is 7.92. The maximum Gasteiger partial charge on any atom is 0.231 e. The third-order valence-corrected chi connectivity index (χ3v) is 2.57. The Morgan fingerprint density at radius 3 is 2.92 bits per heavy atom. The lowest BCUT2D eigenvalue weighted by molar-refractivity contribution is -0.117. The number of rotatable bonds is 1. The standard InChI is InChI=1S/C11H13NO/c1-3-8-9-6-7(2)4-5-10(9)12-11(8)13/h4-6,8H,3H2,1-2H3,(H,12,13). The highest BCUT2D eigenvalue weighted by molar-refractivity contribution is 6.02. The monoisotopic (exact) mass is 175 g/mol. The number of anilines is 1. The van der Waals surface area contributed by atoms with E-state index in [4.69, 9.17) is 0 Å². The van der Waals surface area contributed by atoms with E-state index in [0.717, 1.165) is 17.7 Å². The minimum Gasteiger partial charge on any atom is -0.325 e. The summed E-state index contributed by atoms with van der Waals surface area (Å²) in [6.07, 6.45) is 0.877. The Kier molecular flexibility index (Phi) is 1.83. The second-order valence-electron chi connectivity index (χ2n) is 3.54. The minimum absolute atomic E-state index is 0.0647. The molecule has 1 amide bonds. The Morgan fingerprint density at radius 1 is 1.46 bits per heavy atom. The van der Waals surface area contributed by atoms with Crippen molar-refractivity contribution in [3.8, 4) is 0 Å². The van der Waals surface area contributed by atoms with E-state index < -0.39 is 0 Å². The average Bonchev–Trinajstić information content (AvgIpc) is 2.40. The fraction of sp³-hybridized carbons (Fsp3) is 0.364. The van der Waals surface area contributed by atoms with E-state index in [2.05, 4.69) is 18.3 Å². The summed E-state index contributed by atoms with van der Waals surface area (Å²) in [6.45, 7) is 4.09. The summed E-state index contributed by atoms with van der Waals surface area (Å²) in [4.78, 5) is 11.5. The number of benzene rings is 1. The highest BCUT2D eigenvalue weighted by Crippen LogP contribution is 2.34. The molecule has 1 N–H and O–H groups in total. The summed E-state index contributed by atoms with van der Waals surface area (Å²) < 4.78 is 0. The molecule has 0 saturated carbocycles. The molecule has 0 aliphatic carbocycles. The molecule has 0 spiro atoms. The van der Waals surface area contributed by atoms with Crippen LogP contribution in [0.3, 0.4) is 0 Å². The van der Waals surface area contributed by atoms with Crippen LogP contribution in [0.15, 0.2) is 18.2 Å². The van der Waals surface area contributed by atoms with E-state index in [9.17, 15) is 4.79 Å². The highest BCUT2D eigenvalue weighted by Gasteiger charge is 2.28. The number of aryl methyl sites for hydroxylation is 1. The van der Waals surface area contributed by atoms with Gasteiger partial charge in [-0.2, -0.15) is 0 Å². The van der Waals surface area contributed by atoms with Crippen molar-refractivity contribution in [1.29, 1.82) is 0 Å².